The normalized spacial score (nSPS) is 10.8. The van der Waals surface area contributed by atoms with E-state index in [2.05, 4.69) is 21.0 Å². The second kappa shape index (κ2) is 6.72. The molecule has 0 saturated heterocycles. The molecule has 0 amide bonds. The van der Waals surface area contributed by atoms with Crippen LogP contribution in [-0.4, -0.2) is 27.6 Å². The second-order valence-corrected chi connectivity index (χ2v) is 5.27. The van der Waals surface area contributed by atoms with Crippen molar-refractivity contribution in [3.05, 3.63) is 35.1 Å². The van der Waals surface area contributed by atoms with E-state index in [1.807, 2.05) is 50.8 Å². The predicted molar refractivity (Wildman–Crippen MR) is 84.5 cm³/mol. The van der Waals surface area contributed by atoms with Crippen LogP contribution in [0.5, 0.6) is 6.01 Å². The highest BCUT2D eigenvalue weighted by atomic mass is 35.5. The molecule has 6 heteroatoms. The van der Waals surface area contributed by atoms with Crippen LogP contribution in [0.25, 0.3) is 0 Å². The first-order chi connectivity index (χ1) is 9.99. The zero-order valence-electron chi connectivity index (χ0n) is 12.7. The Morgan fingerprint density at radius 2 is 2.00 bits per heavy atom. The van der Waals surface area contributed by atoms with Crippen LogP contribution in [-0.2, 0) is 0 Å². The third-order valence-corrected chi connectivity index (χ3v) is 2.96. The highest BCUT2D eigenvalue weighted by Gasteiger charge is 2.15. The standard InChI is InChI=1S/C15H19ClN4O/c1-5-20(12-8-6-7-11(4)9-12)14-17-13(16)18-15(19-14)21-10(2)3/h6-10H,5H2,1-4H3. The van der Waals surface area contributed by atoms with Crippen molar-refractivity contribution in [3.63, 3.8) is 0 Å². The molecule has 2 rings (SSSR count). The molecule has 0 saturated carbocycles. The molecule has 0 fully saturated rings. The molecule has 0 radical (unpaired) electrons. The van der Waals surface area contributed by atoms with Gasteiger partial charge in [0.05, 0.1) is 6.10 Å². The molecule has 0 spiro atoms. The van der Waals surface area contributed by atoms with Gasteiger partial charge in [0.1, 0.15) is 0 Å². The summed E-state index contributed by atoms with van der Waals surface area (Å²) in [5.41, 5.74) is 2.18. The Morgan fingerprint density at radius 1 is 1.24 bits per heavy atom. The van der Waals surface area contributed by atoms with Crippen LogP contribution in [0, 0.1) is 6.92 Å². The molecule has 2 aromatic rings. The summed E-state index contributed by atoms with van der Waals surface area (Å²) in [6.07, 6.45) is -0.0228. The van der Waals surface area contributed by atoms with E-state index in [0.717, 1.165) is 5.69 Å². The average molecular weight is 307 g/mol. The van der Waals surface area contributed by atoms with Crippen molar-refractivity contribution in [2.45, 2.75) is 33.8 Å². The van der Waals surface area contributed by atoms with Gasteiger partial charge in [-0.2, -0.15) is 15.0 Å². The van der Waals surface area contributed by atoms with Gasteiger partial charge < -0.3 is 9.64 Å². The molecule has 5 nitrogen and oxygen atoms in total. The highest BCUT2D eigenvalue weighted by molar-refractivity contribution is 6.28. The van der Waals surface area contributed by atoms with Crippen LogP contribution in [0.2, 0.25) is 5.28 Å². The molecule has 0 unspecified atom stereocenters. The maximum absolute atomic E-state index is 5.98. The van der Waals surface area contributed by atoms with Crippen molar-refractivity contribution in [2.24, 2.45) is 0 Å². The Balaban J connectivity index is 2.40. The lowest BCUT2D eigenvalue weighted by Gasteiger charge is -2.21. The SMILES string of the molecule is CCN(c1cccc(C)c1)c1nc(Cl)nc(OC(C)C)n1. The molecule has 0 atom stereocenters. The average Bonchev–Trinajstić information content (AvgIpc) is 2.38. The van der Waals surface area contributed by atoms with Crippen LogP contribution in [0.15, 0.2) is 24.3 Å². The van der Waals surface area contributed by atoms with Gasteiger partial charge in [-0.1, -0.05) is 12.1 Å². The lowest BCUT2D eigenvalue weighted by molar-refractivity contribution is 0.221. The number of aryl methyl sites for hydroxylation is 1. The van der Waals surface area contributed by atoms with Crippen molar-refractivity contribution in [1.82, 2.24) is 15.0 Å². The van der Waals surface area contributed by atoms with Gasteiger partial charge >= 0.3 is 6.01 Å². The number of ether oxygens (including phenoxy) is 1. The maximum atomic E-state index is 5.98. The van der Waals surface area contributed by atoms with E-state index in [9.17, 15) is 0 Å². The molecule has 21 heavy (non-hydrogen) atoms. The van der Waals surface area contributed by atoms with Crippen molar-refractivity contribution in [2.75, 3.05) is 11.4 Å². The number of rotatable bonds is 5. The maximum Gasteiger partial charge on any atom is 0.322 e. The third-order valence-electron chi connectivity index (χ3n) is 2.79. The Labute approximate surface area is 130 Å². The van der Waals surface area contributed by atoms with E-state index < -0.39 is 0 Å². The molecule has 0 bridgehead atoms. The number of hydrogen-bond acceptors (Lipinski definition) is 5. The number of aromatic nitrogens is 3. The summed E-state index contributed by atoms with van der Waals surface area (Å²) < 4.78 is 5.52. The van der Waals surface area contributed by atoms with E-state index in [4.69, 9.17) is 16.3 Å². The van der Waals surface area contributed by atoms with Gasteiger partial charge in [0, 0.05) is 12.2 Å². The monoisotopic (exact) mass is 306 g/mol. The lowest BCUT2D eigenvalue weighted by Crippen LogP contribution is -2.20. The third kappa shape index (κ3) is 4.04. The fraction of sp³-hybridized carbons (Fsp3) is 0.400. The Hall–Kier alpha value is -1.88. The Morgan fingerprint density at radius 3 is 2.62 bits per heavy atom. The number of anilines is 2. The fourth-order valence-electron chi connectivity index (χ4n) is 1.94. The molecule has 0 N–H and O–H groups in total. The summed E-state index contributed by atoms with van der Waals surface area (Å²) in [7, 11) is 0. The molecule has 0 aliphatic rings. The molecule has 1 aromatic carbocycles. The molecular formula is C15H19ClN4O. The minimum absolute atomic E-state index is 0.0228. The van der Waals surface area contributed by atoms with E-state index in [1.165, 1.54) is 5.56 Å². The number of hydrogen-bond donors (Lipinski definition) is 0. The minimum atomic E-state index is -0.0228. The van der Waals surface area contributed by atoms with Gasteiger partial charge in [-0.3, -0.25) is 0 Å². The van der Waals surface area contributed by atoms with Crippen LogP contribution in [0.4, 0.5) is 11.6 Å². The van der Waals surface area contributed by atoms with Crippen LogP contribution in [0.1, 0.15) is 26.3 Å². The minimum Gasteiger partial charge on any atom is -0.461 e. The fourth-order valence-corrected chi connectivity index (χ4v) is 2.09. The van der Waals surface area contributed by atoms with Crippen LogP contribution < -0.4 is 9.64 Å². The second-order valence-electron chi connectivity index (χ2n) is 4.94. The van der Waals surface area contributed by atoms with E-state index >= 15 is 0 Å². The Kier molecular flexibility index (Phi) is 4.96. The van der Waals surface area contributed by atoms with Gasteiger partial charge in [0.15, 0.2) is 0 Å². The van der Waals surface area contributed by atoms with E-state index in [1.54, 1.807) is 0 Å². The summed E-state index contributed by atoms with van der Waals surface area (Å²) in [4.78, 5) is 14.5. The first-order valence-electron chi connectivity index (χ1n) is 6.92. The number of halogens is 1. The first kappa shape index (κ1) is 15.5. The first-order valence-corrected chi connectivity index (χ1v) is 7.30. The van der Waals surface area contributed by atoms with Gasteiger partial charge in [-0.15, -0.1) is 0 Å². The van der Waals surface area contributed by atoms with Gasteiger partial charge in [0.2, 0.25) is 11.2 Å². The zero-order chi connectivity index (χ0) is 15.4. The quantitative estimate of drug-likeness (QED) is 0.841. The largest absolute Gasteiger partial charge is 0.461 e. The number of nitrogens with zero attached hydrogens (tertiary/aromatic N) is 4. The highest BCUT2D eigenvalue weighted by Crippen LogP contribution is 2.25. The van der Waals surface area contributed by atoms with Gasteiger partial charge in [0.25, 0.3) is 0 Å². The smallest absolute Gasteiger partial charge is 0.322 e. The Bertz CT molecular complexity index is 618. The van der Waals surface area contributed by atoms with Crippen LogP contribution in [0.3, 0.4) is 0 Å². The molecule has 112 valence electrons. The van der Waals surface area contributed by atoms with Gasteiger partial charge in [-0.05, 0) is 57.0 Å². The lowest BCUT2D eigenvalue weighted by atomic mass is 10.2. The molecule has 0 aliphatic carbocycles. The van der Waals surface area contributed by atoms with Crippen LogP contribution >= 0.6 is 11.6 Å². The van der Waals surface area contributed by atoms with Crippen molar-refractivity contribution < 1.29 is 4.74 Å². The summed E-state index contributed by atoms with van der Waals surface area (Å²) in [5, 5.41) is 0.127. The topological polar surface area (TPSA) is 51.1 Å². The van der Waals surface area contributed by atoms with Gasteiger partial charge in [-0.25, -0.2) is 0 Å². The molecule has 1 heterocycles. The predicted octanol–water partition coefficient (Wildman–Crippen LogP) is 3.78. The summed E-state index contributed by atoms with van der Waals surface area (Å²) in [6, 6.07) is 8.37. The summed E-state index contributed by atoms with van der Waals surface area (Å²) in [6.45, 7) is 8.62. The zero-order valence-corrected chi connectivity index (χ0v) is 13.4. The van der Waals surface area contributed by atoms with Crippen molar-refractivity contribution >= 4 is 23.2 Å². The molecule has 0 aliphatic heterocycles. The van der Waals surface area contributed by atoms with Crippen molar-refractivity contribution in [1.29, 1.82) is 0 Å². The van der Waals surface area contributed by atoms with Crippen molar-refractivity contribution in [3.8, 4) is 6.01 Å². The summed E-state index contributed by atoms with van der Waals surface area (Å²) in [5.74, 6) is 0.485. The van der Waals surface area contributed by atoms with E-state index in [-0.39, 0.29) is 17.4 Å². The summed E-state index contributed by atoms with van der Waals surface area (Å²) >= 11 is 5.98. The van der Waals surface area contributed by atoms with E-state index in [0.29, 0.717) is 12.5 Å². The number of benzene rings is 1. The molecule has 1 aromatic heterocycles. The molecular weight excluding hydrogens is 288 g/mol.